The molecule has 0 bridgehead atoms. The summed E-state index contributed by atoms with van der Waals surface area (Å²) in [7, 11) is 0. The molecule has 1 saturated heterocycles. The minimum Gasteiger partial charge on any atom is -0.481 e. The van der Waals surface area contributed by atoms with E-state index < -0.39 is 17.9 Å². The number of benzene rings is 1. The Hall–Kier alpha value is -2.39. The van der Waals surface area contributed by atoms with Crippen molar-refractivity contribution < 1.29 is 19.4 Å². The molecule has 1 N–H and O–H groups in total. The van der Waals surface area contributed by atoms with Gasteiger partial charge in [-0.25, -0.2) is 0 Å². The Balaban J connectivity index is 2.17. The number of aliphatic carboxylic acids is 1. The lowest BCUT2D eigenvalue weighted by Crippen LogP contribution is -2.32. The average molecular weight is 330 g/mol. The summed E-state index contributed by atoms with van der Waals surface area (Å²) in [5, 5.41) is 18.4. The molecular weight excluding hydrogens is 308 g/mol. The first-order valence-electron chi connectivity index (χ1n) is 8.08. The van der Waals surface area contributed by atoms with Crippen molar-refractivity contribution in [3.8, 4) is 6.07 Å². The van der Waals surface area contributed by atoms with Gasteiger partial charge in [0.25, 0.3) is 0 Å². The third-order valence-electron chi connectivity index (χ3n) is 4.12. The summed E-state index contributed by atoms with van der Waals surface area (Å²) < 4.78 is 5.49. The number of nitriles is 1. The Bertz CT molecular complexity index is 633. The van der Waals surface area contributed by atoms with Crippen molar-refractivity contribution in [2.75, 3.05) is 13.2 Å². The molecule has 128 valence electrons. The predicted octanol–water partition coefficient (Wildman–Crippen LogP) is 2.35. The van der Waals surface area contributed by atoms with Gasteiger partial charge in [-0.15, -0.1) is 0 Å². The van der Waals surface area contributed by atoms with Gasteiger partial charge in [-0.3, -0.25) is 9.59 Å². The summed E-state index contributed by atoms with van der Waals surface area (Å²) in [4.78, 5) is 25.5. The van der Waals surface area contributed by atoms with E-state index in [1.807, 2.05) is 19.9 Å². The molecule has 2 unspecified atom stereocenters. The topological polar surface area (TPSA) is 90.6 Å². The molecular formula is C18H22N2O4. The zero-order valence-electron chi connectivity index (χ0n) is 13.9. The molecule has 2 atom stereocenters. The van der Waals surface area contributed by atoms with Crippen LogP contribution in [0.15, 0.2) is 24.3 Å². The Morgan fingerprint density at radius 1 is 1.42 bits per heavy atom. The SMILES string of the molecule is CC(C)OCCCN1C(=O)CC(C(=O)O)C1c1ccc(C#N)cc1. The number of nitrogens with zero attached hydrogens (tertiary/aromatic N) is 2. The molecule has 1 fully saturated rings. The van der Waals surface area contributed by atoms with E-state index in [4.69, 9.17) is 10.00 Å². The number of ether oxygens (including phenoxy) is 1. The van der Waals surface area contributed by atoms with E-state index in [9.17, 15) is 14.7 Å². The van der Waals surface area contributed by atoms with Gasteiger partial charge >= 0.3 is 5.97 Å². The number of carbonyl (C=O) groups is 2. The lowest BCUT2D eigenvalue weighted by atomic mass is 9.93. The zero-order chi connectivity index (χ0) is 17.7. The monoisotopic (exact) mass is 330 g/mol. The number of carboxylic acid groups (broad SMARTS) is 1. The fraction of sp³-hybridized carbons (Fsp3) is 0.500. The smallest absolute Gasteiger partial charge is 0.309 e. The van der Waals surface area contributed by atoms with E-state index in [2.05, 4.69) is 0 Å². The van der Waals surface area contributed by atoms with Crippen LogP contribution in [0.2, 0.25) is 0 Å². The Kier molecular flexibility index (Phi) is 5.93. The predicted molar refractivity (Wildman–Crippen MR) is 87.1 cm³/mol. The summed E-state index contributed by atoms with van der Waals surface area (Å²) in [5.41, 5.74) is 1.25. The van der Waals surface area contributed by atoms with Crippen molar-refractivity contribution in [1.82, 2.24) is 4.90 Å². The standard InChI is InChI=1S/C18H22N2O4/c1-12(2)24-9-3-8-20-16(21)10-15(18(22)23)17(20)14-6-4-13(11-19)5-7-14/h4-7,12,15,17H,3,8-10H2,1-2H3,(H,22,23). The molecule has 0 aliphatic carbocycles. The molecule has 1 aromatic rings. The van der Waals surface area contributed by atoms with E-state index in [1.54, 1.807) is 29.2 Å². The van der Waals surface area contributed by atoms with Crippen LogP contribution >= 0.6 is 0 Å². The fourth-order valence-corrected chi connectivity index (χ4v) is 3.00. The largest absolute Gasteiger partial charge is 0.481 e. The minimum absolute atomic E-state index is 0.00500. The molecule has 1 aromatic carbocycles. The Morgan fingerprint density at radius 3 is 2.62 bits per heavy atom. The maximum atomic E-state index is 12.3. The number of hydrogen-bond acceptors (Lipinski definition) is 4. The van der Waals surface area contributed by atoms with Crippen LogP contribution in [0.3, 0.4) is 0 Å². The number of likely N-dealkylation sites (tertiary alicyclic amines) is 1. The second-order valence-corrected chi connectivity index (χ2v) is 6.19. The van der Waals surface area contributed by atoms with Crippen LogP contribution < -0.4 is 0 Å². The fourth-order valence-electron chi connectivity index (χ4n) is 3.00. The first kappa shape index (κ1) is 18.0. The second kappa shape index (κ2) is 7.93. The molecule has 2 rings (SSSR count). The first-order chi connectivity index (χ1) is 11.4. The van der Waals surface area contributed by atoms with Crippen LogP contribution in [0.25, 0.3) is 0 Å². The highest BCUT2D eigenvalue weighted by Gasteiger charge is 2.44. The maximum Gasteiger partial charge on any atom is 0.309 e. The van der Waals surface area contributed by atoms with Gasteiger partial charge in [-0.05, 0) is 38.0 Å². The number of hydrogen-bond donors (Lipinski definition) is 1. The molecule has 0 radical (unpaired) electrons. The van der Waals surface area contributed by atoms with Gasteiger partial charge in [-0.1, -0.05) is 12.1 Å². The quantitative estimate of drug-likeness (QED) is 0.775. The van der Waals surface area contributed by atoms with Gasteiger partial charge in [0, 0.05) is 19.6 Å². The van der Waals surface area contributed by atoms with Gasteiger partial charge in [0.2, 0.25) is 5.91 Å². The van der Waals surface area contributed by atoms with E-state index in [0.717, 1.165) is 5.56 Å². The molecule has 1 heterocycles. The van der Waals surface area contributed by atoms with Crippen molar-refractivity contribution in [1.29, 1.82) is 5.26 Å². The highest BCUT2D eigenvalue weighted by molar-refractivity contribution is 5.87. The van der Waals surface area contributed by atoms with Crippen molar-refractivity contribution in [2.45, 2.75) is 38.8 Å². The summed E-state index contributed by atoms with van der Waals surface area (Å²) in [6, 6.07) is 8.30. The van der Waals surface area contributed by atoms with Crippen LogP contribution in [0.1, 0.15) is 43.9 Å². The van der Waals surface area contributed by atoms with E-state index >= 15 is 0 Å². The highest BCUT2D eigenvalue weighted by Crippen LogP contribution is 2.38. The zero-order valence-corrected chi connectivity index (χ0v) is 13.9. The number of carboxylic acids is 1. The first-order valence-corrected chi connectivity index (χ1v) is 8.08. The minimum atomic E-state index is -0.973. The van der Waals surface area contributed by atoms with Gasteiger partial charge in [0.1, 0.15) is 0 Å². The van der Waals surface area contributed by atoms with Crippen LogP contribution in [-0.2, 0) is 14.3 Å². The maximum absolute atomic E-state index is 12.3. The summed E-state index contributed by atoms with van der Waals surface area (Å²) in [6.45, 7) is 4.88. The van der Waals surface area contributed by atoms with Gasteiger partial charge in [0.15, 0.2) is 0 Å². The van der Waals surface area contributed by atoms with Crippen LogP contribution in [-0.4, -0.2) is 41.1 Å². The molecule has 1 aliphatic heterocycles. The third-order valence-corrected chi connectivity index (χ3v) is 4.12. The Morgan fingerprint density at radius 2 is 2.08 bits per heavy atom. The van der Waals surface area contributed by atoms with Gasteiger partial charge in [-0.2, -0.15) is 5.26 Å². The van der Waals surface area contributed by atoms with Crippen LogP contribution in [0.4, 0.5) is 0 Å². The molecule has 24 heavy (non-hydrogen) atoms. The number of amides is 1. The van der Waals surface area contributed by atoms with Gasteiger partial charge in [0.05, 0.1) is 29.7 Å². The lowest BCUT2D eigenvalue weighted by molar-refractivity contribution is -0.142. The van der Waals surface area contributed by atoms with Crippen LogP contribution in [0.5, 0.6) is 0 Å². The van der Waals surface area contributed by atoms with E-state index in [-0.39, 0.29) is 18.4 Å². The molecule has 6 nitrogen and oxygen atoms in total. The van der Waals surface area contributed by atoms with Crippen LogP contribution in [0, 0.1) is 17.2 Å². The number of rotatable bonds is 7. The Labute approximate surface area is 141 Å². The van der Waals surface area contributed by atoms with Gasteiger partial charge < -0.3 is 14.7 Å². The molecule has 0 saturated carbocycles. The summed E-state index contributed by atoms with van der Waals surface area (Å²) in [6.07, 6.45) is 0.786. The lowest BCUT2D eigenvalue weighted by Gasteiger charge is -2.27. The van der Waals surface area contributed by atoms with E-state index in [1.165, 1.54) is 0 Å². The molecule has 0 aromatic heterocycles. The number of carbonyl (C=O) groups excluding carboxylic acids is 1. The van der Waals surface area contributed by atoms with Crippen molar-refractivity contribution in [2.24, 2.45) is 5.92 Å². The third kappa shape index (κ3) is 4.12. The van der Waals surface area contributed by atoms with Crippen molar-refractivity contribution in [3.63, 3.8) is 0 Å². The molecule has 6 heteroatoms. The van der Waals surface area contributed by atoms with Crippen molar-refractivity contribution >= 4 is 11.9 Å². The summed E-state index contributed by atoms with van der Waals surface area (Å²) in [5.74, 6) is -1.89. The van der Waals surface area contributed by atoms with E-state index in [0.29, 0.717) is 25.1 Å². The highest BCUT2D eigenvalue weighted by atomic mass is 16.5. The molecule has 0 spiro atoms. The summed E-state index contributed by atoms with van der Waals surface area (Å²) >= 11 is 0. The second-order valence-electron chi connectivity index (χ2n) is 6.19. The van der Waals surface area contributed by atoms with Crippen molar-refractivity contribution in [3.05, 3.63) is 35.4 Å². The molecule has 1 amide bonds. The molecule has 1 aliphatic rings. The normalized spacial score (nSPS) is 20.4. The average Bonchev–Trinajstić information content (AvgIpc) is 2.88.